The lowest BCUT2D eigenvalue weighted by Gasteiger charge is -2.29. The van der Waals surface area contributed by atoms with Crippen LogP contribution in [0.5, 0.6) is 0 Å². The monoisotopic (exact) mass is 308 g/mol. The standard InChI is InChI=1S/C15H34NO3P/c1-4-5-6-7-8-9-10-11-12-13-16(2,3)14-15-20(17,18)19/h4-15H2,1-3H3,(H-,17,18,19)/p+1. The van der Waals surface area contributed by atoms with Crippen molar-refractivity contribution in [3.8, 4) is 0 Å². The van der Waals surface area contributed by atoms with E-state index in [1.807, 2.05) is 0 Å². The zero-order valence-corrected chi connectivity index (χ0v) is 14.6. The Balaban J connectivity index is 3.46. The van der Waals surface area contributed by atoms with Crippen molar-refractivity contribution in [2.75, 3.05) is 33.3 Å². The van der Waals surface area contributed by atoms with Gasteiger partial charge in [0, 0.05) is 0 Å². The number of hydrogen-bond acceptors (Lipinski definition) is 1. The van der Waals surface area contributed by atoms with Crippen molar-refractivity contribution in [3.63, 3.8) is 0 Å². The molecule has 5 heteroatoms. The van der Waals surface area contributed by atoms with Gasteiger partial charge in [-0.15, -0.1) is 0 Å². The molecule has 0 saturated carbocycles. The van der Waals surface area contributed by atoms with E-state index >= 15 is 0 Å². The smallest absolute Gasteiger partial charge is 0.328 e. The summed E-state index contributed by atoms with van der Waals surface area (Å²) in [5, 5.41) is 0. The molecule has 0 aliphatic carbocycles. The Morgan fingerprint density at radius 2 is 1.25 bits per heavy atom. The minimum Gasteiger partial charge on any atom is -0.328 e. The van der Waals surface area contributed by atoms with E-state index in [-0.39, 0.29) is 6.16 Å². The van der Waals surface area contributed by atoms with Gasteiger partial charge in [-0.25, -0.2) is 0 Å². The van der Waals surface area contributed by atoms with Crippen molar-refractivity contribution in [3.05, 3.63) is 0 Å². The lowest BCUT2D eigenvalue weighted by molar-refractivity contribution is -0.888. The van der Waals surface area contributed by atoms with Gasteiger partial charge in [0.05, 0.1) is 33.3 Å². The van der Waals surface area contributed by atoms with Crippen LogP contribution in [0.3, 0.4) is 0 Å². The molecule has 0 aromatic rings. The molecule has 0 aliphatic heterocycles. The fourth-order valence-corrected chi connectivity index (χ4v) is 3.17. The Hall–Kier alpha value is 0.110. The molecule has 0 bridgehead atoms. The number of quaternary nitrogens is 1. The molecule has 0 fully saturated rings. The fraction of sp³-hybridized carbons (Fsp3) is 1.00. The minimum atomic E-state index is -3.84. The zero-order valence-electron chi connectivity index (χ0n) is 13.7. The normalized spacial score (nSPS) is 12.8. The predicted octanol–water partition coefficient (Wildman–Crippen LogP) is 3.77. The molecule has 4 nitrogen and oxygen atoms in total. The van der Waals surface area contributed by atoms with Crippen molar-refractivity contribution >= 4 is 7.60 Å². The molecule has 0 heterocycles. The van der Waals surface area contributed by atoms with Crippen LogP contribution in [0.15, 0.2) is 0 Å². The average Bonchev–Trinajstić information content (AvgIpc) is 2.34. The van der Waals surface area contributed by atoms with Gasteiger partial charge < -0.3 is 14.3 Å². The van der Waals surface area contributed by atoms with E-state index in [4.69, 9.17) is 9.79 Å². The van der Waals surface area contributed by atoms with Gasteiger partial charge in [-0.05, 0) is 12.8 Å². The molecule has 20 heavy (non-hydrogen) atoms. The predicted molar refractivity (Wildman–Crippen MR) is 86.0 cm³/mol. The molecule has 0 rings (SSSR count). The first-order valence-electron chi connectivity index (χ1n) is 8.13. The van der Waals surface area contributed by atoms with Crippen LogP contribution in [-0.4, -0.2) is 47.6 Å². The Morgan fingerprint density at radius 1 is 0.800 bits per heavy atom. The highest BCUT2D eigenvalue weighted by Crippen LogP contribution is 2.34. The minimum absolute atomic E-state index is 0.00255. The second-order valence-electron chi connectivity index (χ2n) is 6.60. The maximum Gasteiger partial charge on any atom is 0.331 e. The summed E-state index contributed by atoms with van der Waals surface area (Å²) >= 11 is 0. The van der Waals surface area contributed by atoms with Crippen LogP contribution in [0.2, 0.25) is 0 Å². The van der Waals surface area contributed by atoms with Gasteiger partial charge in [0.2, 0.25) is 0 Å². The van der Waals surface area contributed by atoms with Gasteiger partial charge in [-0.3, -0.25) is 4.57 Å². The summed E-state index contributed by atoms with van der Waals surface area (Å²) in [4.78, 5) is 17.8. The summed E-state index contributed by atoms with van der Waals surface area (Å²) in [5.41, 5.74) is 0. The third-order valence-corrected chi connectivity index (χ3v) is 4.65. The second kappa shape index (κ2) is 10.8. The van der Waals surface area contributed by atoms with Crippen LogP contribution in [0.25, 0.3) is 0 Å². The topological polar surface area (TPSA) is 57.5 Å². The van der Waals surface area contributed by atoms with Crippen molar-refractivity contribution < 1.29 is 18.8 Å². The van der Waals surface area contributed by atoms with E-state index in [1.165, 1.54) is 51.4 Å². The van der Waals surface area contributed by atoms with Gasteiger partial charge >= 0.3 is 7.60 Å². The number of rotatable bonds is 13. The third-order valence-electron chi connectivity index (χ3n) is 3.86. The van der Waals surface area contributed by atoms with Crippen molar-refractivity contribution in [2.24, 2.45) is 0 Å². The SMILES string of the molecule is CCCCCCCCCCC[N+](C)(C)CCP(=O)(O)O. The lowest BCUT2D eigenvalue weighted by Crippen LogP contribution is -2.42. The number of hydrogen-bond donors (Lipinski definition) is 2. The number of unbranched alkanes of at least 4 members (excludes halogenated alkanes) is 8. The molecule has 0 aromatic carbocycles. The van der Waals surface area contributed by atoms with Crippen LogP contribution in [0, 0.1) is 0 Å². The molecule has 2 N–H and O–H groups in total. The Kier molecular flexibility index (Phi) is 10.8. The summed E-state index contributed by atoms with van der Waals surface area (Å²) in [5.74, 6) is 0. The van der Waals surface area contributed by atoms with Gasteiger partial charge in [0.15, 0.2) is 0 Å². The molecule has 0 atom stereocenters. The number of nitrogens with zero attached hydrogens (tertiary/aromatic N) is 1. The zero-order chi connectivity index (χ0) is 15.5. The molecular weight excluding hydrogens is 273 g/mol. The van der Waals surface area contributed by atoms with Crippen molar-refractivity contribution in [2.45, 2.75) is 64.7 Å². The first kappa shape index (κ1) is 20.1. The molecule has 0 aromatic heterocycles. The van der Waals surface area contributed by atoms with E-state index in [1.54, 1.807) is 0 Å². The second-order valence-corrected chi connectivity index (χ2v) is 8.38. The highest BCUT2D eigenvalue weighted by Gasteiger charge is 2.21. The quantitative estimate of drug-likeness (QED) is 0.309. The van der Waals surface area contributed by atoms with Gasteiger partial charge in [-0.2, -0.15) is 0 Å². The summed E-state index contributed by atoms with van der Waals surface area (Å²) in [7, 11) is 0.271. The fourth-order valence-electron chi connectivity index (χ4n) is 2.36. The molecule has 0 radical (unpaired) electrons. The first-order chi connectivity index (χ1) is 9.27. The van der Waals surface area contributed by atoms with E-state index in [0.29, 0.717) is 11.0 Å². The summed E-state index contributed by atoms with van der Waals surface area (Å²) in [6, 6.07) is 0. The Morgan fingerprint density at radius 3 is 1.70 bits per heavy atom. The van der Waals surface area contributed by atoms with Crippen LogP contribution in [0.4, 0.5) is 0 Å². The molecule has 0 saturated heterocycles. The van der Waals surface area contributed by atoms with E-state index in [9.17, 15) is 4.57 Å². The van der Waals surface area contributed by atoms with Crippen molar-refractivity contribution in [1.29, 1.82) is 0 Å². The highest BCUT2D eigenvalue weighted by atomic mass is 31.2. The van der Waals surface area contributed by atoms with Gasteiger partial charge in [-0.1, -0.05) is 51.9 Å². The largest absolute Gasteiger partial charge is 0.331 e. The third kappa shape index (κ3) is 14.5. The molecular formula is C15H35NO3P+. The van der Waals surface area contributed by atoms with Crippen LogP contribution < -0.4 is 0 Å². The molecule has 0 aliphatic rings. The van der Waals surface area contributed by atoms with Crippen LogP contribution in [-0.2, 0) is 4.57 Å². The Labute approximate surface area is 125 Å². The van der Waals surface area contributed by atoms with Crippen molar-refractivity contribution in [1.82, 2.24) is 0 Å². The first-order valence-corrected chi connectivity index (χ1v) is 9.93. The average molecular weight is 308 g/mol. The van der Waals surface area contributed by atoms with E-state index in [2.05, 4.69) is 21.0 Å². The van der Waals surface area contributed by atoms with Gasteiger partial charge in [0.25, 0.3) is 0 Å². The maximum atomic E-state index is 10.9. The highest BCUT2D eigenvalue weighted by molar-refractivity contribution is 7.51. The summed E-state index contributed by atoms with van der Waals surface area (Å²) in [6.07, 6.45) is 11.8. The summed E-state index contributed by atoms with van der Waals surface area (Å²) in [6.45, 7) is 3.81. The molecule has 122 valence electrons. The molecule has 0 amide bonds. The Bertz CT molecular complexity index is 276. The van der Waals surface area contributed by atoms with E-state index in [0.717, 1.165) is 13.0 Å². The maximum absolute atomic E-state index is 10.9. The summed E-state index contributed by atoms with van der Waals surface area (Å²) < 4.78 is 11.6. The lowest BCUT2D eigenvalue weighted by atomic mass is 10.1. The molecule has 0 unspecified atom stereocenters. The van der Waals surface area contributed by atoms with Crippen LogP contribution >= 0.6 is 7.60 Å². The van der Waals surface area contributed by atoms with Gasteiger partial charge in [0.1, 0.15) is 0 Å². The molecule has 0 spiro atoms. The van der Waals surface area contributed by atoms with Crippen LogP contribution in [0.1, 0.15) is 64.7 Å². The van der Waals surface area contributed by atoms with E-state index < -0.39 is 7.60 Å².